The first-order chi connectivity index (χ1) is 11.8. The molecule has 0 bridgehead atoms. The minimum absolute atomic E-state index is 0.194. The van der Waals surface area contributed by atoms with E-state index in [0.29, 0.717) is 12.1 Å². The topological polar surface area (TPSA) is 78.7 Å². The number of likely N-dealkylation sites (tertiary alicyclic amines) is 1. The summed E-state index contributed by atoms with van der Waals surface area (Å²) in [7, 11) is -0.410. The lowest BCUT2D eigenvalue weighted by atomic mass is 10.1. The van der Waals surface area contributed by atoms with E-state index in [-0.39, 0.29) is 11.0 Å². The number of aromatic nitrogens is 2. The Morgan fingerprint density at radius 1 is 1.28 bits per heavy atom. The summed E-state index contributed by atoms with van der Waals surface area (Å²) in [5.74, 6) is 0.938. The number of imidazole rings is 1. The van der Waals surface area contributed by atoms with Gasteiger partial charge in [0.1, 0.15) is 5.82 Å². The minimum Gasteiger partial charge on any atom is -0.393 e. The molecule has 1 saturated heterocycles. The summed E-state index contributed by atoms with van der Waals surface area (Å²) in [6, 6.07) is 5.14. The number of nitrogens with zero attached hydrogens (tertiary/aromatic N) is 4. The number of rotatable bonds is 5. The van der Waals surface area contributed by atoms with Crippen LogP contribution in [0.3, 0.4) is 0 Å². The largest absolute Gasteiger partial charge is 0.393 e. The fourth-order valence-corrected chi connectivity index (χ4v) is 4.20. The van der Waals surface area contributed by atoms with Crippen LogP contribution in [-0.4, -0.2) is 65.6 Å². The number of aliphatic hydroxyl groups excluding tert-OH is 1. The molecule has 0 aliphatic carbocycles. The predicted octanol–water partition coefficient (Wildman–Crippen LogP) is 1.26. The molecule has 1 N–H and O–H groups in total. The van der Waals surface area contributed by atoms with Gasteiger partial charge in [-0.2, -0.15) is 0 Å². The van der Waals surface area contributed by atoms with Crippen LogP contribution in [0.5, 0.6) is 0 Å². The fourth-order valence-electron chi connectivity index (χ4n) is 3.28. The van der Waals surface area contributed by atoms with Crippen molar-refractivity contribution in [2.45, 2.75) is 43.9 Å². The number of fused-ring (bicyclic) bond motifs is 1. The van der Waals surface area contributed by atoms with Crippen molar-refractivity contribution >= 4 is 21.1 Å². The predicted molar refractivity (Wildman–Crippen MR) is 96.8 cm³/mol. The summed E-state index contributed by atoms with van der Waals surface area (Å²) in [5, 5.41) is 9.65. The molecule has 25 heavy (non-hydrogen) atoms. The molecule has 8 heteroatoms. The Morgan fingerprint density at radius 2 is 1.96 bits per heavy atom. The summed E-state index contributed by atoms with van der Waals surface area (Å²) in [5.41, 5.74) is 1.66. The lowest BCUT2D eigenvalue weighted by Gasteiger charge is -2.29. The van der Waals surface area contributed by atoms with Crippen molar-refractivity contribution in [3.63, 3.8) is 0 Å². The normalized spacial score (nSPS) is 17.6. The zero-order chi connectivity index (χ0) is 18.2. The third-order valence-electron chi connectivity index (χ3n) is 4.82. The molecule has 1 aromatic carbocycles. The lowest BCUT2D eigenvalue weighted by Crippen LogP contribution is -2.36. The van der Waals surface area contributed by atoms with E-state index in [4.69, 9.17) is 4.98 Å². The molecular formula is C17H26N4O3S. The molecule has 0 atom stereocenters. The summed E-state index contributed by atoms with van der Waals surface area (Å²) in [4.78, 5) is 7.26. The smallest absolute Gasteiger partial charge is 0.242 e. The molecule has 0 unspecified atom stereocenters. The van der Waals surface area contributed by atoms with Crippen molar-refractivity contribution in [3.8, 4) is 0 Å². The quantitative estimate of drug-likeness (QED) is 0.862. The minimum atomic E-state index is -3.47. The number of aryl methyl sites for hydroxylation is 1. The van der Waals surface area contributed by atoms with Gasteiger partial charge < -0.3 is 9.67 Å². The molecular weight excluding hydrogens is 340 g/mol. The molecule has 1 aromatic heterocycles. The average molecular weight is 366 g/mol. The van der Waals surface area contributed by atoms with Crippen LogP contribution in [0.15, 0.2) is 23.1 Å². The van der Waals surface area contributed by atoms with Gasteiger partial charge in [0.2, 0.25) is 10.0 Å². The lowest BCUT2D eigenvalue weighted by molar-refractivity contribution is 0.0776. The molecule has 0 saturated carbocycles. The van der Waals surface area contributed by atoms with Crippen LogP contribution in [-0.2, 0) is 23.1 Å². The maximum atomic E-state index is 12.3. The molecule has 1 aliphatic rings. The second-order valence-electron chi connectivity index (χ2n) is 6.72. The van der Waals surface area contributed by atoms with Gasteiger partial charge in [-0.25, -0.2) is 17.7 Å². The van der Waals surface area contributed by atoms with Crippen molar-refractivity contribution in [1.29, 1.82) is 0 Å². The highest BCUT2D eigenvalue weighted by Crippen LogP contribution is 2.23. The molecule has 138 valence electrons. The maximum Gasteiger partial charge on any atom is 0.242 e. The number of hydrogen-bond donors (Lipinski definition) is 1. The Labute approximate surface area is 148 Å². The Morgan fingerprint density at radius 3 is 2.56 bits per heavy atom. The SMILES string of the molecule is CCn1c(CN2CCC(O)CC2)nc2cc(S(=O)(=O)N(C)C)ccc21. The van der Waals surface area contributed by atoms with Crippen LogP contribution in [0.1, 0.15) is 25.6 Å². The van der Waals surface area contributed by atoms with E-state index in [1.54, 1.807) is 12.1 Å². The van der Waals surface area contributed by atoms with Gasteiger partial charge in [-0.1, -0.05) is 0 Å². The van der Waals surface area contributed by atoms with E-state index in [9.17, 15) is 13.5 Å². The van der Waals surface area contributed by atoms with E-state index in [1.807, 2.05) is 6.07 Å². The Kier molecular flexibility index (Phi) is 5.15. The van der Waals surface area contributed by atoms with Gasteiger partial charge in [-0.05, 0) is 38.0 Å². The molecule has 1 fully saturated rings. The molecule has 7 nitrogen and oxygen atoms in total. The van der Waals surface area contributed by atoms with E-state index in [1.165, 1.54) is 18.4 Å². The van der Waals surface area contributed by atoms with Crippen LogP contribution in [0.4, 0.5) is 0 Å². The van der Waals surface area contributed by atoms with E-state index in [0.717, 1.165) is 43.8 Å². The average Bonchev–Trinajstić information content (AvgIpc) is 2.92. The van der Waals surface area contributed by atoms with E-state index < -0.39 is 10.0 Å². The highest BCUT2D eigenvalue weighted by atomic mass is 32.2. The van der Waals surface area contributed by atoms with Gasteiger partial charge in [-0.15, -0.1) is 0 Å². The van der Waals surface area contributed by atoms with Gasteiger partial charge in [0.05, 0.1) is 28.6 Å². The molecule has 3 rings (SSSR count). The molecule has 2 heterocycles. The van der Waals surface area contributed by atoms with Crippen LogP contribution < -0.4 is 0 Å². The second kappa shape index (κ2) is 7.03. The van der Waals surface area contributed by atoms with Crippen LogP contribution in [0.2, 0.25) is 0 Å². The summed E-state index contributed by atoms with van der Waals surface area (Å²) in [6.07, 6.45) is 1.38. The zero-order valence-electron chi connectivity index (χ0n) is 15.0. The van der Waals surface area contributed by atoms with Gasteiger partial charge in [0.25, 0.3) is 0 Å². The van der Waals surface area contributed by atoms with Crippen molar-refractivity contribution in [1.82, 2.24) is 18.8 Å². The Hall–Kier alpha value is -1.48. The maximum absolute atomic E-state index is 12.3. The van der Waals surface area contributed by atoms with Crippen molar-refractivity contribution in [2.75, 3.05) is 27.2 Å². The van der Waals surface area contributed by atoms with Gasteiger partial charge in [0, 0.05) is 33.7 Å². The first-order valence-corrected chi connectivity index (χ1v) is 10.1. The van der Waals surface area contributed by atoms with Crippen molar-refractivity contribution in [2.24, 2.45) is 0 Å². The monoisotopic (exact) mass is 366 g/mol. The van der Waals surface area contributed by atoms with Crippen LogP contribution in [0, 0.1) is 0 Å². The number of hydrogen-bond acceptors (Lipinski definition) is 5. The van der Waals surface area contributed by atoms with Crippen molar-refractivity contribution in [3.05, 3.63) is 24.0 Å². The van der Waals surface area contributed by atoms with Crippen LogP contribution >= 0.6 is 0 Å². The highest BCUT2D eigenvalue weighted by Gasteiger charge is 2.22. The van der Waals surface area contributed by atoms with E-state index in [2.05, 4.69) is 16.4 Å². The number of benzene rings is 1. The summed E-state index contributed by atoms with van der Waals surface area (Å²) in [6.45, 7) is 5.27. The fraction of sp³-hybridized carbons (Fsp3) is 0.588. The number of aliphatic hydroxyl groups is 1. The number of piperidine rings is 1. The summed E-state index contributed by atoms with van der Waals surface area (Å²) < 4.78 is 28.0. The summed E-state index contributed by atoms with van der Waals surface area (Å²) >= 11 is 0. The first kappa shape index (κ1) is 18.3. The Balaban J connectivity index is 1.94. The molecule has 0 amide bonds. The molecule has 0 spiro atoms. The van der Waals surface area contributed by atoms with Crippen LogP contribution in [0.25, 0.3) is 11.0 Å². The Bertz CT molecular complexity index is 852. The third kappa shape index (κ3) is 3.57. The number of sulfonamides is 1. The molecule has 2 aromatic rings. The van der Waals surface area contributed by atoms with Gasteiger partial charge in [-0.3, -0.25) is 4.90 Å². The van der Waals surface area contributed by atoms with Crippen molar-refractivity contribution < 1.29 is 13.5 Å². The zero-order valence-corrected chi connectivity index (χ0v) is 15.8. The van der Waals surface area contributed by atoms with Gasteiger partial charge >= 0.3 is 0 Å². The standard InChI is InChI=1S/C17H26N4O3S/c1-4-21-16-6-5-14(25(23,24)19(2)3)11-15(16)18-17(21)12-20-9-7-13(22)8-10-20/h5-6,11,13,22H,4,7-10,12H2,1-3H3. The highest BCUT2D eigenvalue weighted by molar-refractivity contribution is 7.89. The third-order valence-corrected chi connectivity index (χ3v) is 6.63. The second-order valence-corrected chi connectivity index (χ2v) is 8.87. The van der Waals surface area contributed by atoms with E-state index >= 15 is 0 Å². The molecule has 0 radical (unpaired) electrons. The molecule has 1 aliphatic heterocycles. The van der Waals surface area contributed by atoms with Gasteiger partial charge in [0.15, 0.2) is 0 Å². The first-order valence-electron chi connectivity index (χ1n) is 8.65.